The van der Waals surface area contributed by atoms with Gasteiger partial charge in [-0.25, -0.2) is 0 Å². The normalized spacial score (nSPS) is 16.0. The quantitative estimate of drug-likeness (QED) is 0.600. The van der Waals surface area contributed by atoms with E-state index >= 15 is 0 Å². The lowest BCUT2D eigenvalue weighted by Crippen LogP contribution is -2.25. The first-order chi connectivity index (χ1) is 14.5. The zero-order valence-electron chi connectivity index (χ0n) is 17.6. The second kappa shape index (κ2) is 10.9. The number of hydrogen-bond donors (Lipinski definition) is 1. The van der Waals surface area contributed by atoms with Gasteiger partial charge in [-0.2, -0.15) is 0 Å². The Morgan fingerprint density at radius 1 is 1.17 bits per heavy atom. The van der Waals surface area contributed by atoms with Gasteiger partial charge in [0.25, 0.3) is 0 Å². The molecular weight excluding hydrogens is 396 g/mol. The van der Waals surface area contributed by atoms with Crippen LogP contribution in [0.1, 0.15) is 37.4 Å². The highest BCUT2D eigenvalue weighted by Crippen LogP contribution is 2.30. The number of amidine groups is 1. The molecule has 0 aliphatic carbocycles. The fourth-order valence-corrected chi connectivity index (χ4v) is 3.80. The summed E-state index contributed by atoms with van der Waals surface area (Å²) < 4.78 is 10.9. The largest absolute Gasteiger partial charge is 0.497 e. The number of thioether (sulfide) groups is 1. The summed E-state index contributed by atoms with van der Waals surface area (Å²) in [5.41, 5.74) is 2.05. The van der Waals surface area contributed by atoms with Gasteiger partial charge in [0.1, 0.15) is 11.5 Å². The first kappa shape index (κ1) is 22.0. The van der Waals surface area contributed by atoms with Crippen LogP contribution in [0, 0.1) is 5.92 Å². The molecule has 0 radical (unpaired) electrons. The van der Waals surface area contributed by atoms with E-state index in [1.54, 1.807) is 24.9 Å². The van der Waals surface area contributed by atoms with Crippen molar-refractivity contribution >= 4 is 28.9 Å². The van der Waals surface area contributed by atoms with Crippen molar-refractivity contribution in [1.29, 1.82) is 0 Å². The Balaban J connectivity index is 1.49. The molecule has 1 atom stereocenters. The molecule has 158 valence electrons. The second-order valence-corrected chi connectivity index (χ2v) is 8.47. The van der Waals surface area contributed by atoms with E-state index < -0.39 is 0 Å². The molecule has 1 heterocycles. The lowest BCUT2D eigenvalue weighted by Gasteiger charge is -2.08. The maximum Gasteiger partial charge on any atom is 0.249 e. The predicted molar refractivity (Wildman–Crippen MR) is 124 cm³/mol. The number of aliphatic imine (C=N–C) groups is 1. The van der Waals surface area contributed by atoms with Gasteiger partial charge >= 0.3 is 0 Å². The standard InChI is InChI=1S/C24H28N2O3S/c1-17(2)14-15-29-21-9-4-18(5-10-21)6-13-23(27)26-24-25-22(16-30-24)19-7-11-20(28-3)12-8-19/h4-13,17,22H,14-16H2,1-3H3,(H,25,26,27)/b13-6+. The van der Waals surface area contributed by atoms with Crippen molar-refractivity contribution in [3.05, 3.63) is 65.7 Å². The molecule has 0 bridgehead atoms. The van der Waals surface area contributed by atoms with Gasteiger partial charge in [0.05, 0.1) is 19.8 Å². The lowest BCUT2D eigenvalue weighted by molar-refractivity contribution is -0.115. The topological polar surface area (TPSA) is 59.9 Å². The molecule has 1 N–H and O–H groups in total. The molecule has 3 rings (SSSR count). The zero-order chi connectivity index (χ0) is 21.3. The molecule has 30 heavy (non-hydrogen) atoms. The van der Waals surface area contributed by atoms with E-state index in [9.17, 15) is 4.79 Å². The fraction of sp³-hybridized carbons (Fsp3) is 0.333. The number of ether oxygens (including phenoxy) is 2. The second-order valence-electron chi connectivity index (χ2n) is 7.46. The van der Waals surface area contributed by atoms with E-state index in [1.807, 2.05) is 48.5 Å². The van der Waals surface area contributed by atoms with Gasteiger partial charge in [0.2, 0.25) is 5.91 Å². The minimum atomic E-state index is -0.186. The van der Waals surface area contributed by atoms with E-state index in [1.165, 1.54) is 6.08 Å². The monoisotopic (exact) mass is 424 g/mol. The molecule has 5 nitrogen and oxygen atoms in total. The number of carbonyl (C=O) groups is 1. The number of amides is 1. The Bertz CT molecular complexity index is 890. The summed E-state index contributed by atoms with van der Waals surface area (Å²) in [5.74, 6) is 2.92. The van der Waals surface area contributed by atoms with E-state index in [2.05, 4.69) is 24.2 Å². The van der Waals surface area contributed by atoms with E-state index in [4.69, 9.17) is 9.47 Å². The predicted octanol–water partition coefficient (Wildman–Crippen LogP) is 5.09. The molecule has 0 fully saturated rings. The van der Waals surface area contributed by atoms with Gasteiger partial charge in [-0.1, -0.05) is 49.9 Å². The highest BCUT2D eigenvalue weighted by molar-refractivity contribution is 8.14. The highest BCUT2D eigenvalue weighted by Gasteiger charge is 2.20. The number of hydrogen-bond acceptors (Lipinski definition) is 5. The molecule has 0 spiro atoms. The highest BCUT2D eigenvalue weighted by atomic mass is 32.2. The first-order valence-electron chi connectivity index (χ1n) is 10.1. The van der Waals surface area contributed by atoms with Gasteiger partial charge in [-0.3, -0.25) is 9.79 Å². The molecule has 1 amide bonds. The fourth-order valence-electron chi connectivity index (χ4n) is 2.85. The van der Waals surface area contributed by atoms with Gasteiger partial charge < -0.3 is 14.8 Å². The number of nitrogens with one attached hydrogen (secondary N) is 1. The van der Waals surface area contributed by atoms with Crippen LogP contribution in [0.5, 0.6) is 11.5 Å². The van der Waals surface area contributed by atoms with Crippen molar-refractivity contribution in [1.82, 2.24) is 5.32 Å². The van der Waals surface area contributed by atoms with Gasteiger partial charge in [0.15, 0.2) is 5.17 Å². The molecule has 2 aromatic rings. The van der Waals surface area contributed by atoms with Crippen LogP contribution >= 0.6 is 11.8 Å². The van der Waals surface area contributed by atoms with Crippen LogP contribution in [-0.4, -0.2) is 30.5 Å². The smallest absolute Gasteiger partial charge is 0.249 e. The molecule has 1 unspecified atom stereocenters. The van der Waals surface area contributed by atoms with E-state index in [-0.39, 0.29) is 11.9 Å². The third-order valence-electron chi connectivity index (χ3n) is 4.65. The van der Waals surface area contributed by atoms with Crippen LogP contribution in [0.4, 0.5) is 0 Å². The average Bonchev–Trinajstić information content (AvgIpc) is 3.21. The summed E-state index contributed by atoms with van der Waals surface area (Å²) in [6.07, 6.45) is 4.34. The summed E-state index contributed by atoms with van der Waals surface area (Å²) in [7, 11) is 1.65. The molecular formula is C24H28N2O3S. The molecule has 2 aromatic carbocycles. The summed E-state index contributed by atoms with van der Waals surface area (Å²) >= 11 is 1.55. The molecule has 6 heteroatoms. The van der Waals surface area contributed by atoms with Crippen LogP contribution in [0.3, 0.4) is 0 Å². The van der Waals surface area contributed by atoms with Crippen molar-refractivity contribution in [2.24, 2.45) is 10.9 Å². The Kier molecular flexibility index (Phi) is 7.97. The van der Waals surface area contributed by atoms with Crippen LogP contribution in [-0.2, 0) is 4.79 Å². The van der Waals surface area contributed by atoms with Gasteiger partial charge in [-0.05, 0) is 53.8 Å². The van der Waals surface area contributed by atoms with Crippen molar-refractivity contribution < 1.29 is 14.3 Å². The SMILES string of the molecule is COc1ccc(C2CSC(NC(=O)/C=C/c3ccc(OCCC(C)C)cc3)=N2)cc1. The van der Waals surface area contributed by atoms with Crippen LogP contribution in [0.2, 0.25) is 0 Å². The molecule has 1 aliphatic heterocycles. The minimum Gasteiger partial charge on any atom is -0.497 e. The van der Waals surface area contributed by atoms with Crippen molar-refractivity contribution in [2.75, 3.05) is 19.5 Å². The Morgan fingerprint density at radius 2 is 1.87 bits per heavy atom. The summed E-state index contributed by atoms with van der Waals surface area (Å²) in [6.45, 7) is 5.07. The Hall–Kier alpha value is -2.73. The molecule has 0 aromatic heterocycles. The van der Waals surface area contributed by atoms with Gasteiger partial charge in [-0.15, -0.1) is 0 Å². The number of benzene rings is 2. The Labute approximate surface area is 182 Å². The van der Waals surface area contributed by atoms with E-state index in [0.717, 1.165) is 34.8 Å². The molecule has 0 saturated heterocycles. The maximum absolute atomic E-state index is 12.2. The first-order valence-corrected chi connectivity index (χ1v) is 11.1. The summed E-state index contributed by atoms with van der Waals surface area (Å²) in [5, 5.41) is 3.51. The average molecular weight is 425 g/mol. The Morgan fingerprint density at radius 3 is 2.53 bits per heavy atom. The number of rotatable bonds is 8. The summed E-state index contributed by atoms with van der Waals surface area (Å²) in [6, 6.07) is 15.6. The van der Waals surface area contributed by atoms with Crippen LogP contribution in [0.15, 0.2) is 59.6 Å². The minimum absolute atomic E-state index is 0.0448. The number of carbonyl (C=O) groups excluding carboxylic acids is 1. The third kappa shape index (κ3) is 6.66. The van der Waals surface area contributed by atoms with Crippen molar-refractivity contribution in [3.8, 4) is 11.5 Å². The molecule has 0 saturated carbocycles. The van der Waals surface area contributed by atoms with E-state index in [0.29, 0.717) is 17.7 Å². The van der Waals surface area contributed by atoms with Crippen molar-refractivity contribution in [3.63, 3.8) is 0 Å². The van der Waals surface area contributed by atoms with Crippen LogP contribution in [0.25, 0.3) is 6.08 Å². The summed E-state index contributed by atoms with van der Waals surface area (Å²) in [4.78, 5) is 16.9. The van der Waals surface area contributed by atoms with Crippen LogP contribution < -0.4 is 14.8 Å². The van der Waals surface area contributed by atoms with Gasteiger partial charge in [0, 0.05) is 11.8 Å². The lowest BCUT2D eigenvalue weighted by atomic mass is 10.1. The number of methoxy groups -OCH3 is 1. The maximum atomic E-state index is 12.2. The molecule has 1 aliphatic rings. The number of nitrogens with zero attached hydrogens (tertiary/aromatic N) is 1. The third-order valence-corrected chi connectivity index (χ3v) is 5.62. The zero-order valence-corrected chi connectivity index (χ0v) is 18.4. The van der Waals surface area contributed by atoms with Crippen molar-refractivity contribution in [2.45, 2.75) is 26.3 Å².